The number of anilines is 1. The number of para-hydroxylation sites is 1. The van der Waals surface area contributed by atoms with Crippen molar-refractivity contribution in [1.29, 1.82) is 0 Å². The SMILES string of the molecule is C=CC(=O)Cc1cc(NC(=O)c2cnn(-c3ccccc3F)c2)ccc1F. The predicted molar refractivity (Wildman–Crippen MR) is 96.8 cm³/mol. The fraction of sp³-hybridized carbons (Fsp3) is 0.0500. The van der Waals surface area contributed by atoms with Gasteiger partial charge >= 0.3 is 0 Å². The van der Waals surface area contributed by atoms with Crippen LogP contribution in [0.1, 0.15) is 15.9 Å². The summed E-state index contributed by atoms with van der Waals surface area (Å²) in [5, 5.41) is 6.60. The molecule has 1 heterocycles. The van der Waals surface area contributed by atoms with Crippen molar-refractivity contribution < 1.29 is 18.4 Å². The minimum absolute atomic E-state index is 0.149. The Kier molecular flexibility index (Phi) is 5.21. The molecule has 7 heteroatoms. The van der Waals surface area contributed by atoms with E-state index >= 15 is 0 Å². The van der Waals surface area contributed by atoms with Gasteiger partial charge in [-0.2, -0.15) is 5.10 Å². The highest BCUT2D eigenvalue weighted by Crippen LogP contribution is 2.18. The van der Waals surface area contributed by atoms with Crippen LogP contribution in [-0.4, -0.2) is 21.5 Å². The summed E-state index contributed by atoms with van der Waals surface area (Å²) in [7, 11) is 0. The number of aromatic nitrogens is 2. The van der Waals surface area contributed by atoms with Gasteiger partial charge in [0.25, 0.3) is 5.91 Å². The second-order valence-corrected chi connectivity index (χ2v) is 5.73. The number of ketones is 1. The van der Waals surface area contributed by atoms with Crippen molar-refractivity contribution in [2.45, 2.75) is 6.42 Å². The molecule has 1 N–H and O–H groups in total. The van der Waals surface area contributed by atoms with Gasteiger partial charge in [0.15, 0.2) is 5.78 Å². The van der Waals surface area contributed by atoms with E-state index in [0.717, 1.165) is 6.08 Å². The molecule has 2 aromatic carbocycles. The van der Waals surface area contributed by atoms with Gasteiger partial charge in [-0.1, -0.05) is 18.7 Å². The van der Waals surface area contributed by atoms with Crippen LogP contribution in [-0.2, 0) is 11.2 Å². The Hall–Kier alpha value is -3.61. The van der Waals surface area contributed by atoms with Gasteiger partial charge in [0, 0.05) is 18.3 Å². The Morgan fingerprint density at radius 2 is 1.93 bits per heavy atom. The minimum atomic E-state index is -0.546. The van der Waals surface area contributed by atoms with E-state index in [1.807, 2.05) is 0 Å². The predicted octanol–water partition coefficient (Wildman–Crippen LogP) is 3.70. The number of carbonyl (C=O) groups excluding carboxylic acids is 2. The third kappa shape index (κ3) is 4.14. The van der Waals surface area contributed by atoms with E-state index in [-0.39, 0.29) is 29.0 Å². The molecule has 136 valence electrons. The molecule has 0 fully saturated rings. The molecule has 0 unspecified atom stereocenters. The van der Waals surface area contributed by atoms with E-state index < -0.39 is 17.5 Å². The van der Waals surface area contributed by atoms with E-state index in [1.54, 1.807) is 12.1 Å². The van der Waals surface area contributed by atoms with Gasteiger partial charge in [0.2, 0.25) is 0 Å². The Labute approximate surface area is 153 Å². The lowest BCUT2D eigenvalue weighted by Gasteiger charge is -2.07. The van der Waals surface area contributed by atoms with Crippen molar-refractivity contribution in [3.05, 3.63) is 90.3 Å². The highest BCUT2D eigenvalue weighted by atomic mass is 19.1. The first-order valence-electron chi connectivity index (χ1n) is 8.02. The average Bonchev–Trinajstić information content (AvgIpc) is 3.14. The molecule has 0 aliphatic heterocycles. The number of halogens is 2. The molecule has 3 rings (SSSR count). The number of nitrogens with zero attached hydrogens (tertiary/aromatic N) is 2. The number of hydrogen-bond acceptors (Lipinski definition) is 3. The van der Waals surface area contributed by atoms with Crippen molar-refractivity contribution in [3.8, 4) is 5.69 Å². The van der Waals surface area contributed by atoms with Gasteiger partial charge in [-0.3, -0.25) is 9.59 Å². The van der Waals surface area contributed by atoms with E-state index in [1.165, 1.54) is 47.4 Å². The molecule has 0 bridgehead atoms. The molecule has 3 aromatic rings. The number of allylic oxidation sites excluding steroid dienone is 1. The second-order valence-electron chi connectivity index (χ2n) is 5.73. The molecule has 0 saturated carbocycles. The van der Waals surface area contributed by atoms with Gasteiger partial charge in [-0.05, 0) is 42.0 Å². The molecular weight excluding hydrogens is 352 g/mol. The summed E-state index contributed by atoms with van der Waals surface area (Å²) in [4.78, 5) is 23.8. The first-order valence-corrected chi connectivity index (χ1v) is 8.02. The summed E-state index contributed by atoms with van der Waals surface area (Å²) >= 11 is 0. The lowest BCUT2D eigenvalue weighted by atomic mass is 10.1. The first-order chi connectivity index (χ1) is 13.0. The minimum Gasteiger partial charge on any atom is -0.322 e. The van der Waals surface area contributed by atoms with Crippen molar-refractivity contribution in [2.24, 2.45) is 0 Å². The van der Waals surface area contributed by atoms with Crippen LogP contribution in [0.15, 0.2) is 67.5 Å². The summed E-state index contributed by atoms with van der Waals surface area (Å²) in [5.74, 6) is -1.84. The van der Waals surface area contributed by atoms with Crippen molar-refractivity contribution in [1.82, 2.24) is 9.78 Å². The number of benzene rings is 2. The standard InChI is InChI=1S/C20H15F2N3O2/c1-2-16(26)10-13-9-15(7-8-17(13)21)24-20(27)14-11-23-25(12-14)19-6-4-3-5-18(19)22/h2-9,11-12H,1,10H2,(H,24,27). The third-order valence-electron chi connectivity index (χ3n) is 3.84. The smallest absolute Gasteiger partial charge is 0.258 e. The zero-order valence-corrected chi connectivity index (χ0v) is 14.2. The Morgan fingerprint density at radius 3 is 2.67 bits per heavy atom. The fourth-order valence-corrected chi connectivity index (χ4v) is 2.46. The van der Waals surface area contributed by atoms with Crippen LogP contribution in [0.3, 0.4) is 0 Å². The fourth-order valence-electron chi connectivity index (χ4n) is 2.46. The Balaban J connectivity index is 1.78. The number of carbonyl (C=O) groups is 2. The maximum Gasteiger partial charge on any atom is 0.258 e. The van der Waals surface area contributed by atoms with Gasteiger partial charge in [0.1, 0.15) is 17.3 Å². The number of hydrogen-bond donors (Lipinski definition) is 1. The molecule has 1 aromatic heterocycles. The van der Waals surface area contributed by atoms with Crippen LogP contribution < -0.4 is 5.32 Å². The summed E-state index contributed by atoms with van der Waals surface area (Å²) < 4.78 is 28.9. The molecule has 0 radical (unpaired) electrons. The summed E-state index contributed by atoms with van der Waals surface area (Å²) in [6.07, 6.45) is 3.65. The Morgan fingerprint density at radius 1 is 1.15 bits per heavy atom. The zero-order chi connectivity index (χ0) is 19.4. The van der Waals surface area contributed by atoms with Gasteiger partial charge < -0.3 is 5.32 Å². The van der Waals surface area contributed by atoms with Crippen molar-refractivity contribution in [3.63, 3.8) is 0 Å². The summed E-state index contributed by atoms with van der Waals surface area (Å²) in [5.41, 5.74) is 0.890. The highest BCUT2D eigenvalue weighted by molar-refractivity contribution is 6.04. The van der Waals surface area contributed by atoms with E-state index in [9.17, 15) is 18.4 Å². The van der Waals surface area contributed by atoms with Crippen LogP contribution >= 0.6 is 0 Å². The quantitative estimate of drug-likeness (QED) is 0.676. The molecule has 0 saturated heterocycles. The maximum atomic E-state index is 13.8. The van der Waals surface area contributed by atoms with Crippen LogP contribution in [0, 0.1) is 11.6 Å². The molecule has 0 spiro atoms. The van der Waals surface area contributed by atoms with Gasteiger partial charge in [-0.25, -0.2) is 13.5 Å². The lowest BCUT2D eigenvalue weighted by Crippen LogP contribution is -2.12. The molecule has 0 aliphatic carbocycles. The highest BCUT2D eigenvalue weighted by Gasteiger charge is 2.13. The molecule has 1 amide bonds. The monoisotopic (exact) mass is 367 g/mol. The average molecular weight is 367 g/mol. The van der Waals surface area contributed by atoms with E-state index in [4.69, 9.17) is 0 Å². The topological polar surface area (TPSA) is 64.0 Å². The zero-order valence-electron chi connectivity index (χ0n) is 14.2. The number of amides is 1. The van der Waals surface area contributed by atoms with Crippen molar-refractivity contribution in [2.75, 3.05) is 5.32 Å². The Bertz CT molecular complexity index is 1030. The third-order valence-corrected chi connectivity index (χ3v) is 3.84. The van der Waals surface area contributed by atoms with Crippen LogP contribution in [0.5, 0.6) is 0 Å². The molecule has 27 heavy (non-hydrogen) atoms. The molecule has 0 atom stereocenters. The lowest BCUT2D eigenvalue weighted by molar-refractivity contribution is -0.114. The van der Waals surface area contributed by atoms with Crippen LogP contribution in [0.25, 0.3) is 5.69 Å². The number of rotatable bonds is 6. The summed E-state index contributed by atoms with van der Waals surface area (Å²) in [6.45, 7) is 3.35. The van der Waals surface area contributed by atoms with Crippen LogP contribution in [0.2, 0.25) is 0 Å². The van der Waals surface area contributed by atoms with Gasteiger partial charge in [-0.15, -0.1) is 0 Å². The number of nitrogens with one attached hydrogen (secondary N) is 1. The summed E-state index contributed by atoms with van der Waals surface area (Å²) in [6, 6.07) is 9.98. The van der Waals surface area contributed by atoms with E-state index in [2.05, 4.69) is 17.0 Å². The van der Waals surface area contributed by atoms with Gasteiger partial charge in [0.05, 0.1) is 11.8 Å². The molecule has 5 nitrogen and oxygen atoms in total. The molecule has 0 aliphatic rings. The van der Waals surface area contributed by atoms with Crippen LogP contribution in [0.4, 0.5) is 14.5 Å². The first kappa shape index (κ1) is 18.2. The van der Waals surface area contributed by atoms with E-state index in [0.29, 0.717) is 5.69 Å². The normalized spacial score (nSPS) is 10.4. The maximum absolute atomic E-state index is 13.8. The second kappa shape index (κ2) is 7.74. The largest absolute Gasteiger partial charge is 0.322 e. The molecular formula is C20H15F2N3O2. The van der Waals surface area contributed by atoms with Crippen molar-refractivity contribution >= 4 is 17.4 Å².